The van der Waals surface area contributed by atoms with Gasteiger partial charge < -0.3 is 0 Å². The molecule has 0 aliphatic rings. The second kappa shape index (κ2) is 23.7. The van der Waals surface area contributed by atoms with Gasteiger partial charge in [0.25, 0.3) is 0 Å². The van der Waals surface area contributed by atoms with Gasteiger partial charge in [0.2, 0.25) is 0 Å². The number of aromatic nitrogens is 5. The highest BCUT2D eigenvalue weighted by Gasteiger charge is 2.25. The minimum Gasteiger partial charge on any atom is -0.260 e. The lowest BCUT2D eigenvalue weighted by Crippen LogP contribution is -2.19. The van der Waals surface area contributed by atoms with Crippen molar-refractivity contribution < 1.29 is 4.39 Å². The molecule has 396 valence electrons. The summed E-state index contributed by atoms with van der Waals surface area (Å²) < 4.78 is 13.8. The summed E-state index contributed by atoms with van der Waals surface area (Å²) in [6.45, 7) is 64.8. The Kier molecular flexibility index (Phi) is 21.6. The van der Waals surface area contributed by atoms with Crippen molar-refractivity contribution in [2.45, 2.75) is 262 Å². The first-order valence-corrected chi connectivity index (χ1v) is 26.0. The number of pyridine rings is 3. The summed E-state index contributed by atoms with van der Waals surface area (Å²) in [6, 6.07) is 19.3. The van der Waals surface area contributed by atoms with Crippen molar-refractivity contribution in [3.8, 4) is 0 Å². The fourth-order valence-corrected chi connectivity index (χ4v) is 6.54. The van der Waals surface area contributed by atoms with E-state index in [2.05, 4.69) is 260 Å². The van der Waals surface area contributed by atoms with Crippen molar-refractivity contribution in [2.75, 3.05) is 0 Å². The number of halogens is 1. The van der Waals surface area contributed by atoms with Crippen LogP contribution in [0.2, 0.25) is 0 Å². The highest BCUT2D eigenvalue weighted by molar-refractivity contribution is 5.31. The molecule has 0 fully saturated rings. The number of hydrogen-bond acceptors (Lipinski definition) is 5. The van der Waals surface area contributed by atoms with E-state index < -0.39 is 0 Å². The molecule has 0 atom stereocenters. The van der Waals surface area contributed by atoms with Crippen molar-refractivity contribution in [3.63, 3.8) is 0 Å². The Balaban J connectivity index is 0.000000444. The van der Waals surface area contributed by atoms with Gasteiger partial charge in [0.1, 0.15) is 11.6 Å². The van der Waals surface area contributed by atoms with E-state index in [1.807, 2.05) is 45.6 Å². The predicted molar refractivity (Wildman–Crippen MR) is 308 cm³/mol. The number of rotatable bonds is 0. The van der Waals surface area contributed by atoms with Crippen molar-refractivity contribution >= 4 is 0 Å². The summed E-state index contributed by atoms with van der Waals surface area (Å²) in [5, 5.41) is 0. The molecule has 0 radical (unpaired) electrons. The third kappa shape index (κ3) is 22.5. The zero-order valence-corrected chi connectivity index (χ0v) is 51.2. The largest absolute Gasteiger partial charge is 0.260 e. The van der Waals surface area contributed by atoms with Gasteiger partial charge in [-0.1, -0.05) is 244 Å². The monoisotopic (exact) mass is 974 g/mol. The highest BCUT2D eigenvalue weighted by atomic mass is 19.1. The summed E-state index contributed by atoms with van der Waals surface area (Å²) in [5.74, 6) is 0.709. The van der Waals surface area contributed by atoms with E-state index in [1.54, 1.807) is 12.3 Å². The Morgan fingerprint density at radius 3 is 0.732 bits per heavy atom. The number of nitrogens with zero attached hydrogens (tertiary/aromatic N) is 5. The Labute approximate surface area is 437 Å². The molecular formula is C65H104FN5. The Hall–Kier alpha value is -4.32. The number of hydrogen-bond donors (Lipinski definition) is 0. The van der Waals surface area contributed by atoms with Gasteiger partial charge in [0, 0.05) is 64.0 Å². The minimum atomic E-state index is -0.236. The SMILES string of the molecule is CC(C)(C)c1ccc(C(C)(C)C)cc1.CC(C)(C)c1ccc(C(C)(C)C)nc1.CC(C)(C)c1ccc(C(C)(C)C)nc1.CC(C)(C)c1cnc(C(C)(C)C)c(F)c1.CC(C)(C)c1cnc(C(C)(C)C)nc1. The maximum atomic E-state index is 13.8. The zero-order chi connectivity index (χ0) is 55.8. The molecule has 4 aromatic heterocycles. The van der Waals surface area contributed by atoms with Gasteiger partial charge in [-0.25, -0.2) is 14.4 Å². The van der Waals surface area contributed by atoms with Crippen LogP contribution in [0.15, 0.2) is 85.6 Å². The normalized spacial score (nSPS) is 13.0. The Morgan fingerprint density at radius 1 is 0.254 bits per heavy atom. The Bertz CT molecular complexity index is 1940. The van der Waals surface area contributed by atoms with Gasteiger partial charge in [0.05, 0.1) is 5.69 Å². The summed E-state index contributed by atoms with van der Waals surface area (Å²) in [5.41, 5.74) is 11.5. The van der Waals surface area contributed by atoms with Gasteiger partial charge >= 0.3 is 0 Å². The summed E-state index contributed by atoms with van der Waals surface area (Å²) in [4.78, 5) is 22.1. The lowest BCUT2D eigenvalue weighted by molar-refractivity contribution is 0.493. The van der Waals surface area contributed by atoms with E-state index in [0.29, 0.717) is 5.69 Å². The average molecular weight is 975 g/mol. The van der Waals surface area contributed by atoms with Crippen LogP contribution in [0.5, 0.6) is 0 Å². The lowest BCUT2D eigenvalue weighted by Gasteiger charge is -2.23. The van der Waals surface area contributed by atoms with E-state index >= 15 is 0 Å². The fourth-order valence-electron chi connectivity index (χ4n) is 6.54. The standard InChI is InChI=1S/C14H22.C13H20FN.2C13H21N.C12H20N2/c1-13(2,3)11-7-9-12(10-8-11)14(4,5)6;1-12(2,3)9-7-10(14)11(15-8-9)13(4,5)6;2*1-12(2,3)10-7-8-11(14-9-10)13(4,5)6;1-11(2,3)9-7-13-10(14-8-9)12(4,5)6/h7-10H,1-6H3;7-8H,1-6H3;2*7-9H,1-6H3;7-8H,1-6H3. The molecular weight excluding hydrogens is 870 g/mol. The van der Waals surface area contributed by atoms with Gasteiger partial charge in [-0.05, 0) is 84.1 Å². The van der Waals surface area contributed by atoms with Gasteiger partial charge in [0.15, 0.2) is 0 Å². The van der Waals surface area contributed by atoms with E-state index in [4.69, 9.17) is 0 Å². The second-order valence-corrected chi connectivity index (χ2v) is 29.8. The first-order valence-electron chi connectivity index (χ1n) is 26.0. The van der Waals surface area contributed by atoms with E-state index in [9.17, 15) is 4.39 Å². The molecule has 5 nitrogen and oxygen atoms in total. The molecule has 0 aliphatic heterocycles. The molecule has 0 bridgehead atoms. The van der Waals surface area contributed by atoms with Crippen LogP contribution < -0.4 is 0 Å². The summed E-state index contributed by atoms with van der Waals surface area (Å²) in [7, 11) is 0. The molecule has 0 N–H and O–H groups in total. The van der Waals surface area contributed by atoms with Crippen molar-refractivity contribution in [1.82, 2.24) is 24.9 Å². The van der Waals surface area contributed by atoms with Gasteiger partial charge in [-0.3, -0.25) is 15.0 Å². The fraction of sp³-hybridized carbons (Fsp3) is 0.615. The maximum absolute atomic E-state index is 13.8. The molecule has 0 amide bonds. The van der Waals surface area contributed by atoms with Crippen LogP contribution in [0.25, 0.3) is 0 Å². The van der Waals surface area contributed by atoms with Crippen LogP contribution in [0.3, 0.4) is 0 Å². The maximum Gasteiger partial charge on any atom is 0.145 e. The molecule has 0 unspecified atom stereocenters. The van der Waals surface area contributed by atoms with Crippen LogP contribution in [0, 0.1) is 5.82 Å². The van der Waals surface area contributed by atoms with Gasteiger partial charge in [-0.2, -0.15) is 0 Å². The topological polar surface area (TPSA) is 64.5 Å². The minimum absolute atomic E-state index is 0.0381. The van der Waals surface area contributed by atoms with E-state index in [1.165, 1.54) is 27.8 Å². The Morgan fingerprint density at radius 2 is 0.521 bits per heavy atom. The predicted octanol–water partition coefficient (Wildman–Crippen LogP) is 18.5. The molecule has 5 aromatic rings. The zero-order valence-electron chi connectivity index (χ0n) is 51.2. The van der Waals surface area contributed by atoms with Crippen molar-refractivity contribution in [1.29, 1.82) is 0 Å². The lowest BCUT2D eigenvalue weighted by atomic mass is 9.82. The summed E-state index contributed by atoms with van der Waals surface area (Å²) >= 11 is 0. The van der Waals surface area contributed by atoms with E-state index in [-0.39, 0.29) is 60.0 Å². The molecule has 5 rings (SSSR count). The first-order chi connectivity index (χ1) is 31.5. The highest BCUT2D eigenvalue weighted by Crippen LogP contribution is 2.30. The first kappa shape index (κ1) is 64.7. The van der Waals surface area contributed by atoms with E-state index in [0.717, 1.165) is 22.8 Å². The second-order valence-electron chi connectivity index (χ2n) is 29.8. The van der Waals surface area contributed by atoms with Crippen molar-refractivity contribution in [3.05, 3.63) is 148 Å². The molecule has 6 heteroatoms. The molecule has 0 saturated carbocycles. The molecule has 0 aliphatic carbocycles. The van der Waals surface area contributed by atoms with Crippen LogP contribution >= 0.6 is 0 Å². The average Bonchev–Trinajstić information content (AvgIpc) is 3.19. The van der Waals surface area contributed by atoms with Crippen LogP contribution in [0.4, 0.5) is 4.39 Å². The smallest absolute Gasteiger partial charge is 0.145 e. The third-order valence-corrected chi connectivity index (χ3v) is 12.0. The van der Waals surface area contributed by atoms with Gasteiger partial charge in [-0.15, -0.1) is 0 Å². The molecule has 1 aromatic carbocycles. The molecule has 0 saturated heterocycles. The summed E-state index contributed by atoms with van der Waals surface area (Å²) in [6.07, 6.45) is 9.66. The molecule has 0 spiro atoms. The van der Waals surface area contributed by atoms with Crippen LogP contribution in [0.1, 0.15) is 264 Å². The third-order valence-electron chi connectivity index (χ3n) is 12.0. The van der Waals surface area contributed by atoms with Crippen molar-refractivity contribution in [2.24, 2.45) is 0 Å². The van der Waals surface area contributed by atoms with Crippen LogP contribution in [-0.2, 0) is 54.1 Å². The van der Waals surface area contributed by atoms with Crippen LogP contribution in [-0.4, -0.2) is 24.9 Å². The quantitative estimate of drug-likeness (QED) is 0.155. The molecule has 4 heterocycles. The number of benzene rings is 1. The molecule has 71 heavy (non-hydrogen) atoms.